The van der Waals surface area contributed by atoms with Crippen molar-refractivity contribution in [1.82, 2.24) is 5.32 Å². The molecular formula is C25H19F4N3O3S2. The third kappa shape index (κ3) is 5.30. The highest BCUT2D eigenvalue weighted by molar-refractivity contribution is 8.24. The second-order valence-electron chi connectivity index (χ2n) is 8.42. The van der Waals surface area contributed by atoms with Crippen LogP contribution in [-0.2, 0) is 17.4 Å². The van der Waals surface area contributed by atoms with Gasteiger partial charge in [0.25, 0.3) is 5.91 Å². The molecule has 3 aromatic carbocycles. The highest BCUT2D eigenvalue weighted by atomic mass is 32.3. The van der Waals surface area contributed by atoms with E-state index in [1.807, 2.05) is 0 Å². The van der Waals surface area contributed by atoms with E-state index in [1.54, 1.807) is 30.3 Å². The standard InChI is InChI=1S/C25H19F4N3O3S2/c26-18-7-10-20(11-8-18)37(34,35)15-24(13-16-4-2-1-3-5-16)22(33)32(23(36)31-24)19-9-6-17(14-30)21(12-19)25(27,28)29/h1-12,34-35H,13,15H2,(H,31,36)/t24-/m0/s1. The molecule has 1 fully saturated rings. The molecule has 4 rings (SSSR count). The molecule has 0 spiro atoms. The van der Waals surface area contributed by atoms with E-state index in [-0.39, 0.29) is 22.1 Å². The van der Waals surface area contributed by atoms with E-state index in [9.17, 15) is 31.5 Å². The molecule has 1 atom stereocenters. The largest absolute Gasteiger partial charge is 0.417 e. The minimum Gasteiger partial charge on any atom is -0.346 e. The maximum Gasteiger partial charge on any atom is 0.417 e. The summed E-state index contributed by atoms with van der Waals surface area (Å²) in [5, 5.41) is 11.7. The van der Waals surface area contributed by atoms with Gasteiger partial charge in [-0.2, -0.15) is 29.0 Å². The van der Waals surface area contributed by atoms with E-state index in [1.165, 1.54) is 18.2 Å². The van der Waals surface area contributed by atoms with Crippen molar-refractivity contribution in [3.63, 3.8) is 0 Å². The molecule has 0 aliphatic carbocycles. The number of alkyl halides is 3. The first-order valence-corrected chi connectivity index (χ1v) is 12.8. The number of anilines is 1. The third-order valence-electron chi connectivity index (χ3n) is 5.84. The fourth-order valence-electron chi connectivity index (χ4n) is 4.15. The Balaban J connectivity index is 1.79. The number of nitriles is 1. The summed E-state index contributed by atoms with van der Waals surface area (Å²) < 4.78 is 76.2. The van der Waals surface area contributed by atoms with Crippen LogP contribution in [-0.4, -0.2) is 31.4 Å². The van der Waals surface area contributed by atoms with Gasteiger partial charge >= 0.3 is 6.18 Å². The van der Waals surface area contributed by atoms with Gasteiger partial charge in [0.2, 0.25) is 0 Å². The Labute approximate surface area is 216 Å². The van der Waals surface area contributed by atoms with Crippen molar-refractivity contribution in [2.75, 3.05) is 10.7 Å². The summed E-state index contributed by atoms with van der Waals surface area (Å²) in [5.74, 6) is -1.98. The highest BCUT2D eigenvalue weighted by Gasteiger charge is 2.53. The van der Waals surface area contributed by atoms with Gasteiger partial charge in [0, 0.05) is 6.42 Å². The van der Waals surface area contributed by atoms with Gasteiger partial charge in [0.1, 0.15) is 11.4 Å². The Morgan fingerprint density at radius 1 is 1.05 bits per heavy atom. The molecule has 6 nitrogen and oxygen atoms in total. The van der Waals surface area contributed by atoms with E-state index < -0.39 is 50.9 Å². The second-order valence-corrected chi connectivity index (χ2v) is 10.9. The van der Waals surface area contributed by atoms with Crippen molar-refractivity contribution >= 4 is 39.5 Å². The summed E-state index contributed by atoms with van der Waals surface area (Å²) in [5.41, 5.74) is -3.22. The summed E-state index contributed by atoms with van der Waals surface area (Å²) in [4.78, 5) is 14.7. The molecule has 0 aromatic heterocycles. The van der Waals surface area contributed by atoms with Crippen molar-refractivity contribution in [1.29, 1.82) is 5.26 Å². The van der Waals surface area contributed by atoms with E-state index in [0.29, 0.717) is 11.6 Å². The lowest BCUT2D eigenvalue weighted by Crippen LogP contribution is -2.53. The molecule has 0 unspecified atom stereocenters. The van der Waals surface area contributed by atoms with Crippen LogP contribution in [0.3, 0.4) is 0 Å². The number of nitrogens with zero attached hydrogens (tertiary/aromatic N) is 2. The monoisotopic (exact) mass is 549 g/mol. The molecule has 3 N–H and O–H groups in total. The number of halogens is 4. The zero-order chi connectivity index (χ0) is 27.0. The number of hydrogen-bond acceptors (Lipinski definition) is 5. The summed E-state index contributed by atoms with van der Waals surface area (Å²) in [7, 11) is -3.70. The SMILES string of the molecule is N#Cc1ccc(N2C(=O)[C@](Cc3ccccc3)(CS(O)(O)c3ccc(F)cc3)NC2=S)cc1C(F)(F)F. The number of nitrogens with one attached hydrogen (secondary N) is 1. The molecule has 0 bridgehead atoms. The molecule has 1 amide bonds. The van der Waals surface area contributed by atoms with E-state index >= 15 is 0 Å². The number of thiocarbonyl (C=S) groups is 1. The van der Waals surface area contributed by atoms with E-state index in [4.69, 9.17) is 17.5 Å². The fourth-order valence-corrected chi connectivity index (χ4v) is 6.26. The van der Waals surface area contributed by atoms with Gasteiger partial charge in [-0.15, -0.1) is 0 Å². The number of amides is 1. The van der Waals surface area contributed by atoms with Crippen LogP contribution in [0.5, 0.6) is 0 Å². The average molecular weight is 550 g/mol. The molecule has 3 aromatic rings. The van der Waals surface area contributed by atoms with Crippen LogP contribution in [0.2, 0.25) is 0 Å². The zero-order valence-electron chi connectivity index (χ0n) is 18.9. The van der Waals surface area contributed by atoms with Crippen molar-refractivity contribution in [3.8, 4) is 6.07 Å². The number of benzene rings is 3. The lowest BCUT2D eigenvalue weighted by Gasteiger charge is -2.40. The summed E-state index contributed by atoms with van der Waals surface area (Å²) in [6.45, 7) is 0. The first-order chi connectivity index (χ1) is 17.4. The Bertz CT molecular complexity index is 1390. The topological polar surface area (TPSA) is 96.6 Å². The van der Waals surface area contributed by atoms with Gasteiger partial charge < -0.3 is 5.32 Å². The number of carbonyl (C=O) groups excluding carboxylic acids is 1. The van der Waals surface area contributed by atoms with Gasteiger partial charge in [0.15, 0.2) is 5.11 Å². The summed E-state index contributed by atoms with van der Waals surface area (Å²) in [6, 6.07) is 17.3. The quantitative estimate of drug-likeness (QED) is 0.269. The summed E-state index contributed by atoms with van der Waals surface area (Å²) in [6.07, 6.45) is -4.94. The maximum atomic E-state index is 13.9. The molecule has 1 heterocycles. The van der Waals surface area contributed by atoms with Gasteiger partial charge in [0.05, 0.1) is 33.5 Å². The molecule has 0 radical (unpaired) electrons. The normalized spacial score (nSPS) is 18.5. The first-order valence-electron chi connectivity index (χ1n) is 10.7. The molecule has 0 saturated carbocycles. The molecule has 12 heteroatoms. The Hall–Kier alpha value is -3.50. The zero-order valence-corrected chi connectivity index (χ0v) is 20.5. The van der Waals surface area contributed by atoms with Crippen LogP contribution >= 0.6 is 22.8 Å². The van der Waals surface area contributed by atoms with Gasteiger partial charge in [-0.1, -0.05) is 30.3 Å². The molecule has 1 aliphatic heterocycles. The van der Waals surface area contributed by atoms with Gasteiger partial charge in [-0.05, 0) is 60.2 Å². The van der Waals surface area contributed by atoms with Crippen molar-refractivity contribution in [3.05, 3.63) is 95.3 Å². The maximum absolute atomic E-state index is 13.9. The van der Waals surface area contributed by atoms with Crippen molar-refractivity contribution < 1.29 is 31.5 Å². The minimum absolute atomic E-state index is 0.0157. The van der Waals surface area contributed by atoms with Gasteiger partial charge in [-0.25, -0.2) is 4.39 Å². The second kappa shape index (κ2) is 9.75. The summed E-state index contributed by atoms with van der Waals surface area (Å²) >= 11 is 5.33. The lowest BCUT2D eigenvalue weighted by molar-refractivity contribution is -0.137. The average Bonchev–Trinajstić information content (AvgIpc) is 3.07. The van der Waals surface area contributed by atoms with E-state index in [2.05, 4.69) is 5.32 Å². The number of carbonyl (C=O) groups is 1. The molecule has 192 valence electrons. The molecule has 1 aliphatic rings. The predicted octanol–water partition coefficient (Wildman–Crippen LogP) is 5.73. The van der Waals surface area contributed by atoms with Crippen LogP contribution < -0.4 is 10.2 Å². The Morgan fingerprint density at radius 3 is 2.30 bits per heavy atom. The molecule has 1 saturated heterocycles. The van der Waals surface area contributed by atoms with E-state index in [0.717, 1.165) is 29.2 Å². The van der Waals surface area contributed by atoms with Crippen molar-refractivity contribution in [2.45, 2.75) is 23.0 Å². The van der Waals surface area contributed by atoms with Gasteiger partial charge in [-0.3, -0.25) is 18.8 Å². The smallest absolute Gasteiger partial charge is 0.346 e. The number of hydrogen-bond donors (Lipinski definition) is 3. The fraction of sp³-hybridized carbons (Fsp3) is 0.160. The van der Waals surface area contributed by atoms with Crippen LogP contribution in [0.1, 0.15) is 16.7 Å². The third-order valence-corrected chi connectivity index (χ3v) is 8.04. The minimum atomic E-state index is -4.86. The van der Waals surface area contributed by atoms with Crippen LogP contribution in [0.4, 0.5) is 23.2 Å². The van der Waals surface area contributed by atoms with Crippen LogP contribution in [0, 0.1) is 17.1 Å². The predicted molar refractivity (Wildman–Crippen MR) is 135 cm³/mol. The Morgan fingerprint density at radius 2 is 1.70 bits per heavy atom. The highest BCUT2D eigenvalue weighted by Crippen LogP contribution is 2.52. The first kappa shape index (κ1) is 26.6. The van der Waals surface area contributed by atoms with Crippen LogP contribution in [0.25, 0.3) is 0 Å². The lowest BCUT2D eigenvalue weighted by atomic mass is 9.92. The Kier molecular flexibility index (Phi) is 7.00. The number of rotatable bonds is 6. The molecule has 37 heavy (non-hydrogen) atoms. The van der Waals surface area contributed by atoms with Crippen LogP contribution in [0.15, 0.2) is 77.7 Å². The molecular weight excluding hydrogens is 530 g/mol. The van der Waals surface area contributed by atoms with Crippen molar-refractivity contribution in [2.24, 2.45) is 0 Å².